The first kappa shape index (κ1) is 24.6. The van der Waals surface area contributed by atoms with Gasteiger partial charge in [0, 0.05) is 25.2 Å². The molecule has 1 heterocycles. The van der Waals surface area contributed by atoms with Crippen LogP contribution in [-0.4, -0.2) is 36.3 Å². The van der Waals surface area contributed by atoms with E-state index in [0.29, 0.717) is 16.9 Å². The number of carbonyl (C=O) groups excluding carboxylic acids is 1. The predicted molar refractivity (Wildman–Crippen MR) is 135 cm³/mol. The van der Waals surface area contributed by atoms with Crippen molar-refractivity contribution in [3.8, 4) is 0 Å². The Hall–Kier alpha value is -3.07. The number of amides is 1. The first-order valence-electron chi connectivity index (χ1n) is 10.4. The third-order valence-corrected chi connectivity index (χ3v) is 8.10. The van der Waals surface area contributed by atoms with Crippen LogP contribution in [0.15, 0.2) is 84.3 Å². The van der Waals surface area contributed by atoms with E-state index in [0.717, 1.165) is 21.3 Å². The first-order chi connectivity index (χ1) is 15.7. The van der Waals surface area contributed by atoms with Gasteiger partial charge in [-0.1, -0.05) is 35.6 Å². The molecule has 172 valence electrons. The predicted octanol–water partition coefficient (Wildman–Crippen LogP) is 4.61. The third kappa shape index (κ3) is 5.13. The molecule has 0 atom stereocenters. The standard InChI is InChI=1S/C25H27N3O3S2/c1-6-13-27(14-7-2)33(30,31)21-11-9-20(10-12-21)24(29)26-25-28(15-8-3)22-17-18(4)16-19(5)23(22)32-25/h6-12,16-17H,1-3,13-15H2,4-5H3. The minimum atomic E-state index is -3.73. The van der Waals surface area contributed by atoms with Gasteiger partial charge in [0.2, 0.25) is 10.0 Å². The molecule has 8 heteroatoms. The lowest BCUT2D eigenvalue weighted by molar-refractivity contribution is 0.0998. The molecule has 0 aliphatic rings. The van der Waals surface area contributed by atoms with Crippen LogP contribution in [0.1, 0.15) is 21.5 Å². The van der Waals surface area contributed by atoms with Crippen molar-refractivity contribution in [2.75, 3.05) is 13.1 Å². The van der Waals surface area contributed by atoms with Gasteiger partial charge >= 0.3 is 0 Å². The zero-order chi connectivity index (χ0) is 24.2. The maximum atomic E-state index is 12.9. The zero-order valence-electron chi connectivity index (χ0n) is 18.8. The molecule has 0 N–H and O–H groups in total. The number of thiazole rings is 1. The molecule has 33 heavy (non-hydrogen) atoms. The fourth-order valence-electron chi connectivity index (χ4n) is 3.53. The highest BCUT2D eigenvalue weighted by molar-refractivity contribution is 7.89. The molecule has 6 nitrogen and oxygen atoms in total. The summed E-state index contributed by atoms with van der Waals surface area (Å²) >= 11 is 1.45. The van der Waals surface area contributed by atoms with Crippen LogP contribution >= 0.6 is 11.3 Å². The van der Waals surface area contributed by atoms with E-state index in [1.54, 1.807) is 6.08 Å². The van der Waals surface area contributed by atoms with Gasteiger partial charge in [-0.3, -0.25) is 4.79 Å². The Kier molecular flexibility index (Phi) is 7.63. The van der Waals surface area contributed by atoms with Crippen LogP contribution in [0.3, 0.4) is 0 Å². The van der Waals surface area contributed by atoms with Gasteiger partial charge in [0.15, 0.2) is 4.80 Å². The van der Waals surface area contributed by atoms with E-state index >= 15 is 0 Å². The van der Waals surface area contributed by atoms with E-state index in [4.69, 9.17) is 0 Å². The van der Waals surface area contributed by atoms with Crippen molar-refractivity contribution in [3.63, 3.8) is 0 Å². The highest BCUT2D eigenvalue weighted by Gasteiger charge is 2.22. The number of allylic oxidation sites excluding steroid dienone is 1. The van der Waals surface area contributed by atoms with Gasteiger partial charge < -0.3 is 4.57 Å². The lowest BCUT2D eigenvalue weighted by atomic mass is 10.1. The Balaban J connectivity index is 2.00. The lowest BCUT2D eigenvalue weighted by Gasteiger charge is -2.19. The van der Waals surface area contributed by atoms with Gasteiger partial charge in [0.1, 0.15) is 0 Å². The number of benzene rings is 2. The average molecular weight is 482 g/mol. The fourth-order valence-corrected chi connectivity index (χ4v) is 6.00. The summed E-state index contributed by atoms with van der Waals surface area (Å²) < 4.78 is 30.0. The van der Waals surface area contributed by atoms with Crippen LogP contribution in [0.25, 0.3) is 10.2 Å². The number of hydrogen-bond donors (Lipinski definition) is 0. The van der Waals surface area contributed by atoms with E-state index in [2.05, 4.69) is 36.9 Å². The summed E-state index contributed by atoms with van der Waals surface area (Å²) in [6, 6.07) is 9.99. The van der Waals surface area contributed by atoms with Gasteiger partial charge in [-0.2, -0.15) is 9.30 Å². The highest BCUT2D eigenvalue weighted by Crippen LogP contribution is 2.24. The number of aryl methyl sites for hydroxylation is 2. The summed E-state index contributed by atoms with van der Waals surface area (Å²) in [6.45, 7) is 16.0. The number of hydrogen-bond acceptors (Lipinski definition) is 4. The molecule has 0 saturated carbocycles. The number of aromatic nitrogens is 1. The van der Waals surface area contributed by atoms with Crippen molar-refractivity contribution in [2.24, 2.45) is 4.99 Å². The molecule has 0 aliphatic carbocycles. The summed E-state index contributed by atoms with van der Waals surface area (Å²) in [5, 5.41) is 0. The Labute approximate surface area is 198 Å². The molecule has 0 saturated heterocycles. The van der Waals surface area contributed by atoms with E-state index in [-0.39, 0.29) is 18.0 Å². The molecular weight excluding hydrogens is 454 g/mol. The number of carbonyl (C=O) groups is 1. The second-order valence-corrected chi connectivity index (χ2v) is 10.5. The van der Waals surface area contributed by atoms with Crippen LogP contribution in [0.2, 0.25) is 0 Å². The van der Waals surface area contributed by atoms with Crippen LogP contribution in [0, 0.1) is 13.8 Å². The third-order valence-electron chi connectivity index (χ3n) is 5.03. The summed E-state index contributed by atoms with van der Waals surface area (Å²) in [4.78, 5) is 17.9. The maximum Gasteiger partial charge on any atom is 0.279 e. The molecular formula is C25H27N3O3S2. The Morgan fingerprint density at radius 3 is 2.27 bits per heavy atom. The van der Waals surface area contributed by atoms with Crippen LogP contribution in [0.5, 0.6) is 0 Å². The highest BCUT2D eigenvalue weighted by atomic mass is 32.2. The molecule has 0 aliphatic heterocycles. The smallest absolute Gasteiger partial charge is 0.279 e. The molecule has 0 spiro atoms. The average Bonchev–Trinajstić information content (AvgIpc) is 3.11. The number of rotatable bonds is 9. The fraction of sp³-hybridized carbons (Fsp3) is 0.200. The van der Waals surface area contributed by atoms with Crippen molar-refractivity contribution < 1.29 is 13.2 Å². The minimum absolute atomic E-state index is 0.0948. The molecule has 3 aromatic rings. The van der Waals surface area contributed by atoms with E-state index in [1.807, 2.05) is 18.4 Å². The SMILES string of the molecule is C=CCN(CC=C)S(=O)(=O)c1ccc(C(=O)N=c2sc3c(C)cc(C)cc3n2CC=C)cc1. The molecule has 0 radical (unpaired) electrons. The number of fused-ring (bicyclic) bond motifs is 1. The van der Waals surface area contributed by atoms with Crippen LogP contribution in [0.4, 0.5) is 0 Å². The van der Waals surface area contributed by atoms with Crippen molar-refractivity contribution in [3.05, 3.63) is 95.9 Å². The zero-order valence-corrected chi connectivity index (χ0v) is 20.5. The second-order valence-electron chi connectivity index (χ2n) is 7.55. The molecule has 1 amide bonds. The largest absolute Gasteiger partial charge is 0.312 e. The number of nitrogens with zero attached hydrogens (tertiary/aromatic N) is 3. The van der Waals surface area contributed by atoms with Gasteiger partial charge in [-0.25, -0.2) is 8.42 Å². The molecule has 0 bridgehead atoms. The normalized spacial score (nSPS) is 12.3. The van der Waals surface area contributed by atoms with Gasteiger partial charge in [0.05, 0.1) is 15.1 Å². The van der Waals surface area contributed by atoms with E-state index < -0.39 is 15.9 Å². The lowest BCUT2D eigenvalue weighted by Crippen LogP contribution is -2.31. The minimum Gasteiger partial charge on any atom is -0.312 e. The van der Waals surface area contributed by atoms with Crippen molar-refractivity contribution in [1.29, 1.82) is 0 Å². The molecule has 3 rings (SSSR count). The maximum absolute atomic E-state index is 12.9. The number of sulfonamides is 1. The van der Waals surface area contributed by atoms with E-state index in [1.165, 1.54) is 52.1 Å². The summed E-state index contributed by atoms with van der Waals surface area (Å²) in [5.74, 6) is -0.438. The van der Waals surface area contributed by atoms with Gasteiger partial charge in [0.25, 0.3) is 5.91 Å². The monoisotopic (exact) mass is 481 g/mol. The van der Waals surface area contributed by atoms with Gasteiger partial charge in [-0.15, -0.1) is 19.7 Å². The quantitative estimate of drug-likeness (QED) is 0.419. The first-order valence-corrected chi connectivity index (χ1v) is 12.6. The summed E-state index contributed by atoms with van der Waals surface area (Å²) in [7, 11) is -3.73. The van der Waals surface area contributed by atoms with Crippen LogP contribution < -0.4 is 4.80 Å². The van der Waals surface area contributed by atoms with Gasteiger partial charge in [-0.05, 0) is 55.3 Å². The van der Waals surface area contributed by atoms with E-state index in [9.17, 15) is 13.2 Å². The molecule has 2 aromatic carbocycles. The topological polar surface area (TPSA) is 71.7 Å². The summed E-state index contributed by atoms with van der Waals surface area (Å²) in [5.41, 5.74) is 3.57. The molecule has 0 fully saturated rings. The Bertz CT molecular complexity index is 1390. The van der Waals surface area contributed by atoms with Crippen molar-refractivity contribution >= 4 is 37.5 Å². The summed E-state index contributed by atoms with van der Waals surface area (Å²) in [6.07, 6.45) is 4.81. The van der Waals surface area contributed by atoms with Crippen molar-refractivity contribution in [2.45, 2.75) is 25.3 Å². The van der Waals surface area contributed by atoms with Crippen molar-refractivity contribution in [1.82, 2.24) is 8.87 Å². The molecule has 0 unspecified atom stereocenters. The Morgan fingerprint density at radius 1 is 1.06 bits per heavy atom. The van der Waals surface area contributed by atoms with Crippen LogP contribution in [-0.2, 0) is 16.6 Å². The Morgan fingerprint density at radius 2 is 1.70 bits per heavy atom. The molecule has 1 aromatic heterocycles. The second kappa shape index (κ2) is 10.2.